The van der Waals surface area contributed by atoms with Crippen molar-refractivity contribution in [2.75, 3.05) is 13.2 Å². The van der Waals surface area contributed by atoms with Gasteiger partial charge in [-0.2, -0.15) is 0 Å². The molecule has 0 rings (SSSR count). The molecule has 0 bridgehead atoms. The Hall–Kier alpha value is -3.41. The number of rotatable bonds is 45. The Morgan fingerprint density at radius 3 is 1.13 bits per heavy atom. The second-order valence-corrected chi connectivity index (χ2v) is 16.7. The summed E-state index contributed by atoms with van der Waals surface area (Å²) >= 11 is 0. The van der Waals surface area contributed by atoms with Gasteiger partial charge in [0.15, 0.2) is 6.10 Å². The summed E-state index contributed by atoms with van der Waals surface area (Å²) < 4.78 is 16.7. The third kappa shape index (κ3) is 47.6. The molecule has 0 aliphatic rings. The molecular formula is C56H94O6. The van der Waals surface area contributed by atoms with E-state index < -0.39 is 12.1 Å². The van der Waals surface area contributed by atoms with Gasteiger partial charge in [0.1, 0.15) is 13.2 Å². The van der Waals surface area contributed by atoms with Crippen LogP contribution in [0, 0.1) is 0 Å². The van der Waals surface area contributed by atoms with E-state index in [9.17, 15) is 14.4 Å². The lowest BCUT2D eigenvalue weighted by Gasteiger charge is -2.18. The molecule has 1 atom stereocenters. The third-order valence-corrected chi connectivity index (χ3v) is 10.6. The van der Waals surface area contributed by atoms with Crippen LogP contribution >= 0.6 is 0 Å². The molecule has 62 heavy (non-hydrogen) atoms. The maximum Gasteiger partial charge on any atom is 0.310 e. The number of ether oxygens (including phenoxy) is 3. The smallest absolute Gasteiger partial charge is 0.310 e. The summed E-state index contributed by atoms with van der Waals surface area (Å²) in [4.78, 5) is 37.9. The van der Waals surface area contributed by atoms with Crippen molar-refractivity contribution < 1.29 is 28.6 Å². The average Bonchev–Trinajstić information content (AvgIpc) is 3.27. The van der Waals surface area contributed by atoms with Crippen molar-refractivity contribution in [3.05, 3.63) is 85.1 Å². The number of carbonyl (C=O) groups excluding carboxylic acids is 3. The molecule has 0 heterocycles. The van der Waals surface area contributed by atoms with Crippen molar-refractivity contribution in [1.82, 2.24) is 0 Å². The van der Waals surface area contributed by atoms with Crippen LogP contribution in [0.2, 0.25) is 0 Å². The maximum absolute atomic E-state index is 12.7. The van der Waals surface area contributed by atoms with Gasteiger partial charge in [0.25, 0.3) is 0 Å². The Bertz CT molecular complexity index is 1220. The predicted octanol–water partition coefficient (Wildman–Crippen LogP) is 16.8. The second-order valence-electron chi connectivity index (χ2n) is 16.7. The van der Waals surface area contributed by atoms with E-state index in [0.29, 0.717) is 12.8 Å². The number of carbonyl (C=O) groups is 3. The first-order chi connectivity index (χ1) is 30.5. The minimum absolute atomic E-state index is 0.0942. The summed E-state index contributed by atoms with van der Waals surface area (Å²) in [5, 5.41) is 0. The average molecular weight is 863 g/mol. The van der Waals surface area contributed by atoms with Crippen LogP contribution in [-0.2, 0) is 28.6 Å². The van der Waals surface area contributed by atoms with Gasteiger partial charge < -0.3 is 14.2 Å². The van der Waals surface area contributed by atoms with Crippen LogP contribution in [0.4, 0.5) is 0 Å². The number of unbranched alkanes of at least 4 members (excludes halogenated alkanes) is 21. The molecule has 0 saturated heterocycles. The molecule has 0 aromatic rings. The fraction of sp³-hybridized carbons (Fsp3) is 0.696. The lowest BCUT2D eigenvalue weighted by atomic mass is 10.0. The molecule has 0 aliphatic heterocycles. The monoisotopic (exact) mass is 863 g/mol. The first kappa shape index (κ1) is 58.6. The Morgan fingerprint density at radius 2 is 0.710 bits per heavy atom. The zero-order valence-corrected chi connectivity index (χ0v) is 40.4. The molecule has 0 fully saturated rings. The molecule has 0 N–H and O–H groups in total. The van der Waals surface area contributed by atoms with Crippen LogP contribution in [0.1, 0.15) is 233 Å². The Labute approximate surface area is 382 Å². The van der Waals surface area contributed by atoms with Gasteiger partial charge >= 0.3 is 17.9 Å². The molecule has 354 valence electrons. The molecule has 1 unspecified atom stereocenters. The van der Waals surface area contributed by atoms with Crippen LogP contribution < -0.4 is 0 Å². The highest BCUT2D eigenvalue weighted by molar-refractivity contribution is 5.72. The number of hydrogen-bond acceptors (Lipinski definition) is 6. The SMILES string of the molecule is CC/C=C\C/C=C\C/C=C\C/C=C\C/C=C\CC(=O)OC(COC(=O)CCCCCCC/C=C\C/C=C\CCC)COC(=O)CCCCCCCCCCCCCCCCCC. The van der Waals surface area contributed by atoms with Gasteiger partial charge in [-0.3, -0.25) is 14.4 Å². The number of allylic oxidation sites excluding steroid dienone is 13. The van der Waals surface area contributed by atoms with Crippen molar-refractivity contribution >= 4 is 17.9 Å². The third-order valence-electron chi connectivity index (χ3n) is 10.6. The number of esters is 3. The Balaban J connectivity index is 4.50. The summed E-state index contributed by atoms with van der Waals surface area (Å²) in [6, 6.07) is 0. The second kappa shape index (κ2) is 50.2. The molecule has 0 radical (unpaired) electrons. The van der Waals surface area contributed by atoms with Gasteiger partial charge in [-0.25, -0.2) is 0 Å². The van der Waals surface area contributed by atoms with Gasteiger partial charge in [-0.15, -0.1) is 0 Å². The van der Waals surface area contributed by atoms with Crippen molar-refractivity contribution in [2.45, 2.75) is 239 Å². The summed E-state index contributed by atoms with van der Waals surface area (Å²) in [5.74, 6) is -1.06. The van der Waals surface area contributed by atoms with E-state index >= 15 is 0 Å². The minimum Gasteiger partial charge on any atom is -0.462 e. The minimum atomic E-state index is -0.834. The zero-order chi connectivity index (χ0) is 45.1. The highest BCUT2D eigenvalue weighted by atomic mass is 16.6. The van der Waals surface area contributed by atoms with E-state index in [4.69, 9.17) is 14.2 Å². The molecule has 0 aliphatic carbocycles. The normalized spacial score (nSPS) is 12.8. The van der Waals surface area contributed by atoms with E-state index in [2.05, 4.69) is 93.7 Å². The molecule has 6 nitrogen and oxygen atoms in total. The summed E-state index contributed by atoms with van der Waals surface area (Å²) in [6.07, 6.45) is 64.5. The van der Waals surface area contributed by atoms with Gasteiger partial charge in [0.05, 0.1) is 6.42 Å². The van der Waals surface area contributed by atoms with E-state index in [0.717, 1.165) is 103 Å². The molecular weight excluding hydrogens is 769 g/mol. The van der Waals surface area contributed by atoms with Crippen LogP contribution in [0.25, 0.3) is 0 Å². The Kier molecular flexibility index (Phi) is 47.5. The lowest BCUT2D eigenvalue weighted by molar-refractivity contribution is -0.166. The fourth-order valence-electron chi connectivity index (χ4n) is 6.85. The van der Waals surface area contributed by atoms with E-state index in [-0.39, 0.29) is 31.6 Å². The molecule has 0 spiro atoms. The first-order valence-corrected chi connectivity index (χ1v) is 25.6. The van der Waals surface area contributed by atoms with Crippen LogP contribution in [0.15, 0.2) is 85.1 Å². The maximum atomic E-state index is 12.7. The van der Waals surface area contributed by atoms with Crippen LogP contribution in [-0.4, -0.2) is 37.2 Å². The van der Waals surface area contributed by atoms with Gasteiger partial charge in [0, 0.05) is 12.8 Å². The van der Waals surface area contributed by atoms with E-state index in [1.165, 1.54) is 89.9 Å². The summed E-state index contributed by atoms with van der Waals surface area (Å²) in [6.45, 7) is 6.36. The Morgan fingerprint density at radius 1 is 0.355 bits per heavy atom. The van der Waals surface area contributed by atoms with E-state index in [1.807, 2.05) is 6.08 Å². The molecule has 0 aromatic heterocycles. The molecule has 0 saturated carbocycles. The molecule has 0 amide bonds. The van der Waals surface area contributed by atoms with Crippen molar-refractivity contribution in [1.29, 1.82) is 0 Å². The number of hydrogen-bond donors (Lipinski definition) is 0. The quantitative estimate of drug-likeness (QED) is 0.0263. The molecule has 0 aromatic carbocycles. The standard InChI is InChI=1S/C56H94O6/c1-4-7-10-13-16-19-22-25-27-29-31-34-37-40-43-46-49-55(58)61-52-53(51-60-54(57)48-45-42-39-36-33-30-24-21-18-15-12-9-6-3)62-56(59)50-47-44-41-38-35-32-28-26-23-20-17-14-11-8-5-2/h8,11-12,15,17,20-21,24,26,28,35,38,44,47,53H,4-7,9-10,13-14,16,18-19,22-23,25,27,29-34,36-37,39-43,45-46,48-52H2,1-3H3/b11-8-,15-12-,20-17-,24-21-,28-26-,38-35-,47-44-. The van der Waals surface area contributed by atoms with Gasteiger partial charge in [-0.1, -0.05) is 228 Å². The topological polar surface area (TPSA) is 78.9 Å². The van der Waals surface area contributed by atoms with Gasteiger partial charge in [-0.05, 0) is 70.6 Å². The fourth-order valence-corrected chi connectivity index (χ4v) is 6.85. The highest BCUT2D eigenvalue weighted by Gasteiger charge is 2.19. The largest absolute Gasteiger partial charge is 0.462 e. The highest BCUT2D eigenvalue weighted by Crippen LogP contribution is 2.15. The van der Waals surface area contributed by atoms with Crippen molar-refractivity contribution in [3.63, 3.8) is 0 Å². The van der Waals surface area contributed by atoms with Crippen LogP contribution in [0.3, 0.4) is 0 Å². The summed E-state index contributed by atoms with van der Waals surface area (Å²) in [7, 11) is 0. The molecule has 6 heteroatoms. The summed E-state index contributed by atoms with van der Waals surface area (Å²) in [5.41, 5.74) is 0. The van der Waals surface area contributed by atoms with Crippen LogP contribution in [0.5, 0.6) is 0 Å². The van der Waals surface area contributed by atoms with Crippen molar-refractivity contribution in [2.24, 2.45) is 0 Å². The van der Waals surface area contributed by atoms with Crippen molar-refractivity contribution in [3.8, 4) is 0 Å². The first-order valence-electron chi connectivity index (χ1n) is 25.6. The zero-order valence-electron chi connectivity index (χ0n) is 40.4. The van der Waals surface area contributed by atoms with E-state index in [1.54, 1.807) is 6.08 Å². The predicted molar refractivity (Wildman–Crippen MR) is 265 cm³/mol. The lowest BCUT2D eigenvalue weighted by Crippen LogP contribution is -2.30. The van der Waals surface area contributed by atoms with Gasteiger partial charge in [0.2, 0.25) is 0 Å².